The third-order valence-corrected chi connectivity index (χ3v) is 8.19. The lowest BCUT2D eigenvalue weighted by Crippen LogP contribution is -2.40. The molecule has 9 heteroatoms. The Labute approximate surface area is 229 Å². The van der Waals surface area contributed by atoms with Gasteiger partial charge in [0.25, 0.3) is 5.91 Å². The normalized spacial score (nSPS) is 14.1. The van der Waals surface area contributed by atoms with Crippen molar-refractivity contribution in [3.8, 4) is 6.07 Å². The Balaban J connectivity index is 2.15. The van der Waals surface area contributed by atoms with Crippen LogP contribution in [0.15, 0.2) is 18.2 Å². The van der Waals surface area contributed by atoms with Crippen LogP contribution in [-0.2, 0) is 22.1 Å². The number of alkyl halides is 3. The first-order valence-electron chi connectivity index (χ1n) is 14.0. The van der Waals surface area contributed by atoms with E-state index in [2.05, 4.69) is 12.2 Å². The second-order valence-corrected chi connectivity index (χ2v) is 12.0. The van der Waals surface area contributed by atoms with E-state index in [1.165, 1.54) is 44.7 Å². The number of carbonyl (C=O) groups excluding carboxylic acids is 1. The SMILES string of the molecule is CCCCCCC[S+]([O-])CCCCCCCCCCC[C@](C)(O)C(=O)Nc1ccc(C#N)c(C(F)(F)F)c1. The fourth-order valence-corrected chi connectivity index (χ4v) is 5.53. The highest BCUT2D eigenvalue weighted by Crippen LogP contribution is 2.33. The number of benzene rings is 1. The van der Waals surface area contributed by atoms with Crippen LogP contribution in [0.1, 0.15) is 121 Å². The maximum Gasteiger partial charge on any atom is 0.417 e. The number of halogens is 3. The van der Waals surface area contributed by atoms with Gasteiger partial charge in [0, 0.05) is 5.69 Å². The second kappa shape index (κ2) is 18.5. The number of nitrogens with zero attached hydrogens (tertiary/aromatic N) is 1. The Bertz CT molecular complexity index is 856. The number of aliphatic hydroxyl groups is 1. The van der Waals surface area contributed by atoms with Crippen molar-refractivity contribution >= 4 is 22.8 Å². The average Bonchev–Trinajstić information content (AvgIpc) is 2.86. The Hall–Kier alpha value is -1.76. The number of carbonyl (C=O) groups is 1. The van der Waals surface area contributed by atoms with Gasteiger partial charge in [-0.3, -0.25) is 4.79 Å². The third-order valence-electron chi connectivity index (χ3n) is 6.70. The summed E-state index contributed by atoms with van der Waals surface area (Å²) in [7, 11) is 0. The molecule has 1 aromatic carbocycles. The van der Waals surface area contributed by atoms with E-state index >= 15 is 0 Å². The molecule has 0 saturated carbocycles. The lowest BCUT2D eigenvalue weighted by molar-refractivity contribution is -0.138. The quantitative estimate of drug-likeness (QED) is 0.126. The zero-order valence-corrected chi connectivity index (χ0v) is 23.8. The number of anilines is 1. The van der Waals surface area contributed by atoms with E-state index in [-0.39, 0.29) is 12.1 Å². The van der Waals surface area contributed by atoms with Crippen LogP contribution < -0.4 is 5.32 Å². The van der Waals surface area contributed by atoms with Gasteiger partial charge in [-0.25, -0.2) is 0 Å². The molecule has 0 bridgehead atoms. The monoisotopic (exact) mass is 558 g/mol. The number of amides is 1. The van der Waals surface area contributed by atoms with Gasteiger partial charge < -0.3 is 15.0 Å². The Kier molecular flexibility index (Phi) is 16.7. The molecule has 0 spiro atoms. The number of unbranched alkanes of at least 4 members (excludes halogenated alkanes) is 12. The Morgan fingerprint density at radius 2 is 1.45 bits per heavy atom. The number of nitriles is 1. The van der Waals surface area contributed by atoms with Crippen molar-refractivity contribution in [3.63, 3.8) is 0 Å². The van der Waals surface area contributed by atoms with Crippen LogP contribution in [-0.4, -0.2) is 32.7 Å². The predicted octanol–water partition coefficient (Wildman–Crippen LogP) is 7.89. The summed E-state index contributed by atoms with van der Waals surface area (Å²) in [4.78, 5) is 12.4. The summed E-state index contributed by atoms with van der Waals surface area (Å²) in [5.41, 5.74) is -3.47. The fraction of sp³-hybridized carbons (Fsp3) is 0.724. The van der Waals surface area contributed by atoms with Crippen molar-refractivity contribution in [1.29, 1.82) is 5.26 Å². The van der Waals surface area contributed by atoms with Gasteiger partial charge in [-0.15, -0.1) is 0 Å². The molecule has 2 N–H and O–H groups in total. The van der Waals surface area contributed by atoms with Crippen LogP contribution in [0.25, 0.3) is 0 Å². The molecule has 0 aromatic heterocycles. The topological polar surface area (TPSA) is 96.2 Å². The summed E-state index contributed by atoms with van der Waals surface area (Å²) in [6.45, 7) is 3.55. The molecule has 0 aliphatic carbocycles. The molecule has 0 saturated heterocycles. The molecule has 216 valence electrons. The first-order valence-corrected chi connectivity index (χ1v) is 15.5. The van der Waals surface area contributed by atoms with Crippen molar-refractivity contribution in [2.24, 2.45) is 0 Å². The molecule has 2 atom stereocenters. The molecule has 1 aromatic rings. The van der Waals surface area contributed by atoms with Crippen molar-refractivity contribution in [1.82, 2.24) is 0 Å². The molecule has 38 heavy (non-hydrogen) atoms. The smallest absolute Gasteiger partial charge is 0.417 e. The van der Waals surface area contributed by atoms with E-state index in [0.717, 1.165) is 75.4 Å². The largest absolute Gasteiger partial charge is 0.616 e. The minimum atomic E-state index is -4.72. The zero-order chi connectivity index (χ0) is 28.4. The standard InChI is InChI=1S/C29H45F3N2O3S/c1-3-4-5-12-15-20-38(37)21-16-13-10-8-6-7-9-11-14-19-28(2,36)27(35)34-25-18-17-24(23-33)26(22-25)29(30,31)32/h17-18,22,36H,3-16,19-21H2,1-2H3,(H,34,35)/t28-,38?/m0/s1. The van der Waals surface area contributed by atoms with Crippen LogP contribution in [0, 0.1) is 11.3 Å². The number of hydrogen-bond acceptors (Lipinski definition) is 4. The van der Waals surface area contributed by atoms with Gasteiger partial charge in [0.2, 0.25) is 0 Å². The summed E-state index contributed by atoms with van der Waals surface area (Å²) >= 11 is -0.673. The molecule has 0 aliphatic rings. The zero-order valence-electron chi connectivity index (χ0n) is 23.0. The fourth-order valence-electron chi connectivity index (χ4n) is 4.27. The van der Waals surface area contributed by atoms with E-state index in [0.29, 0.717) is 12.5 Å². The Morgan fingerprint density at radius 3 is 1.95 bits per heavy atom. The highest BCUT2D eigenvalue weighted by molar-refractivity contribution is 7.91. The molecule has 0 heterocycles. The maximum absolute atomic E-state index is 13.1. The highest BCUT2D eigenvalue weighted by Gasteiger charge is 2.35. The predicted molar refractivity (Wildman–Crippen MR) is 148 cm³/mol. The highest BCUT2D eigenvalue weighted by atomic mass is 32.2. The minimum absolute atomic E-state index is 0.116. The number of nitrogens with one attached hydrogen (secondary N) is 1. The van der Waals surface area contributed by atoms with Crippen LogP contribution in [0.4, 0.5) is 18.9 Å². The third kappa shape index (κ3) is 14.4. The summed E-state index contributed by atoms with van der Waals surface area (Å²) in [6.07, 6.45) is 10.6. The van der Waals surface area contributed by atoms with Gasteiger partial charge in [0.15, 0.2) is 0 Å². The van der Waals surface area contributed by atoms with Gasteiger partial charge in [-0.2, -0.15) is 18.4 Å². The molecule has 0 fully saturated rings. The summed E-state index contributed by atoms with van der Waals surface area (Å²) in [6, 6.07) is 4.43. The Morgan fingerprint density at radius 1 is 0.947 bits per heavy atom. The van der Waals surface area contributed by atoms with E-state index in [4.69, 9.17) is 5.26 Å². The van der Waals surface area contributed by atoms with Crippen LogP contribution in [0.3, 0.4) is 0 Å². The van der Waals surface area contributed by atoms with E-state index < -0.39 is 40.0 Å². The maximum atomic E-state index is 13.1. The second-order valence-electron chi connectivity index (χ2n) is 10.3. The van der Waals surface area contributed by atoms with E-state index in [9.17, 15) is 27.6 Å². The van der Waals surface area contributed by atoms with Crippen LogP contribution in [0.5, 0.6) is 0 Å². The molecular weight excluding hydrogens is 513 g/mol. The molecule has 0 radical (unpaired) electrons. The molecular formula is C29H45F3N2O3S. The van der Waals surface area contributed by atoms with Crippen molar-refractivity contribution in [2.75, 3.05) is 16.8 Å². The minimum Gasteiger partial charge on any atom is -0.616 e. The van der Waals surface area contributed by atoms with Gasteiger partial charge >= 0.3 is 6.18 Å². The van der Waals surface area contributed by atoms with E-state index in [1.54, 1.807) is 0 Å². The molecule has 0 aliphatic heterocycles. The van der Waals surface area contributed by atoms with Gasteiger partial charge in [0.05, 0.1) is 17.2 Å². The molecule has 1 amide bonds. The first kappa shape index (κ1) is 34.3. The lowest BCUT2D eigenvalue weighted by atomic mass is 9.96. The van der Waals surface area contributed by atoms with Gasteiger partial charge in [-0.1, -0.05) is 82.3 Å². The first-order chi connectivity index (χ1) is 18.0. The molecule has 1 unspecified atom stereocenters. The number of rotatable bonds is 20. The van der Waals surface area contributed by atoms with Gasteiger partial charge in [-0.05, 0) is 57.2 Å². The van der Waals surface area contributed by atoms with Crippen molar-refractivity contribution < 1.29 is 27.6 Å². The van der Waals surface area contributed by atoms with Crippen LogP contribution >= 0.6 is 0 Å². The number of hydrogen-bond donors (Lipinski definition) is 2. The lowest BCUT2D eigenvalue weighted by Gasteiger charge is -2.22. The average molecular weight is 559 g/mol. The molecule has 5 nitrogen and oxygen atoms in total. The van der Waals surface area contributed by atoms with E-state index in [1.807, 2.05) is 0 Å². The summed E-state index contributed by atoms with van der Waals surface area (Å²) in [5, 5.41) is 21.7. The summed E-state index contributed by atoms with van der Waals surface area (Å²) in [5.74, 6) is 0.885. The van der Waals surface area contributed by atoms with Crippen LogP contribution in [0.2, 0.25) is 0 Å². The summed E-state index contributed by atoms with van der Waals surface area (Å²) < 4.78 is 51.4. The van der Waals surface area contributed by atoms with Crippen molar-refractivity contribution in [3.05, 3.63) is 29.3 Å². The van der Waals surface area contributed by atoms with Gasteiger partial charge in [0.1, 0.15) is 17.1 Å². The molecule has 1 rings (SSSR count). The van der Waals surface area contributed by atoms with Crippen molar-refractivity contribution in [2.45, 2.75) is 122 Å².